The van der Waals surface area contributed by atoms with Crippen molar-refractivity contribution in [2.45, 2.75) is 361 Å². The van der Waals surface area contributed by atoms with Crippen LogP contribution in [-0.4, -0.2) is 129 Å². The van der Waals surface area contributed by atoms with Gasteiger partial charge < -0.3 is 19.8 Å². The molecule has 4 N–H and O–H groups in total. The van der Waals surface area contributed by atoms with Gasteiger partial charge in [0.05, 0.1) is 35.0 Å². The van der Waals surface area contributed by atoms with Crippen LogP contribution >= 0.6 is 0 Å². The summed E-state index contributed by atoms with van der Waals surface area (Å²) in [5.74, 6) is -4.67. The summed E-state index contributed by atoms with van der Waals surface area (Å²) in [6.07, 6.45) is 52.6. The third-order valence-corrected chi connectivity index (χ3v) is 21.5. The molecule has 0 amide bonds. The Labute approximate surface area is 552 Å². The van der Waals surface area contributed by atoms with Crippen LogP contribution in [0.5, 0.6) is 0 Å². The summed E-state index contributed by atoms with van der Waals surface area (Å²) in [7, 11) is -16.1. The van der Waals surface area contributed by atoms with Gasteiger partial charge in [-0.15, -0.1) is 0 Å². The number of carbonyl (C=O) groups is 2. The first kappa shape index (κ1) is 87.4. The predicted octanol–water partition coefficient (Wildman–Crippen LogP) is 13.0. The van der Waals surface area contributed by atoms with E-state index in [-0.39, 0.29) is 71.9 Å². The fourth-order valence-corrected chi connectivity index (χ4v) is 16.1. The molecule has 0 saturated carbocycles. The first-order valence-corrected chi connectivity index (χ1v) is 40.1. The monoisotopic (exact) mass is 1380 g/mol. The molecule has 0 unspecified atom stereocenters. The molecule has 0 aromatic rings. The van der Waals surface area contributed by atoms with Crippen LogP contribution in [0, 0.1) is 0 Å². The van der Waals surface area contributed by atoms with E-state index in [0.29, 0.717) is 25.7 Å². The first-order chi connectivity index (χ1) is 39.0. The second-order valence-corrected chi connectivity index (χ2v) is 31.4. The summed E-state index contributed by atoms with van der Waals surface area (Å²) in [6, 6.07) is 0. The molecule has 0 heterocycles. The smallest absolute Gasteiger partial charge is 0.547 e. The molecule has 0 aromatic carbocycles. The van der Waals surface area contributed by atoms with Crippen molar-refractivity contribution >= 4 is 101 Å². The summed E-state index contributed by atoms with van der Waals surface area (Å²) in [5, 5.41) is 23.5. The van der Waals surface area contributed by atoms with E-state index in [0.717, 1.165) is 117 Å². The molecule has 0 bridgehead atoms. The molecule has 0 aliphatic rings. The van der Waals surface area contributed by atoms with Crippen molar-refractivity contribution in [3.05, 3.63) is 0 Å². The zero-order valence-electron chi connectivity index (χ0n) is 54.0. The molecule has 492 valence electrons. The number of aliphatic carboxylic acids is 2. The standard InChI is InChI=1S/2C31H64N2O6S2.Ba/c2*1-4-6-8-10-12-14-16-18-20-22-24-26-28-40(36,37)32-31(3,30(34)35)33-41(38,39)29-27-25-23-21-19-17-15-13-11-9-7-5-2;/h2*32-33H,4-29H2,1-3H3,(H,34,35);/q;;+2/p-2. The number of nitrogens with one attached hydrogen (secondary N) is 4. The van der Waals surface area contributed by atoms with Crippen LogP contribution < -0.4 is 29.1 Å². The molecule has 0 atom stereocenters. The summed E-state index contributed by atoms with van der Waals surface area (Å²) < 4.78 is 109. The number of rotatable bonds is 62. The zero-order chi connectivity index (χ0) is 61.8. The quantitative estimate of drug-likeness (QED) is 0.0252. The van der Waals surface area contributed by atoms with Crippen LogP contribution in [0.25, 0.3) is 0 Å². The van der Waals surface area contributed by atoms with Gasteiger partial charge in [0, 0.05) is 0 Å². The average Bonchev–Trinajstić information content (AvgIpc) is 3.39. The van der Waals surface area contributed by atoms with Crippen molar-refractivity contribution in [3.8, 4) is 0 Å². The van der Waals surface area contributed by atoms with Crippen molar-refractivity contribution in [2.24, 2.45) is 0 Å². The number of carbonyl (C=O) groups excluding carboxylic acids is 2. The Balaban J connectivity index is -0.00000152. The van der Waals surface area contributed by atoms with Gasteiger partial charge in [-0.2, -0.15) is 18.9 Å². The fourth-order valence-electron chi connectivity index (χ4n) is 10.2. The van der Waals surface area contributed by atoms with Gasteiger partial charge >= 0.3 is 48.9 Å². The Morgan fingerprint density at radius 3 is 0.470 bits per heavy atom. The van der Waals surface area contributed by atoms with Gasteiger partial charge in [0.15, 0.2) is 0 Å². The summed E-state index contributed by atoms with van der Waals surface area (Å²) in [4.78, 5) is 23.5. The van der Waals surface area contributed by atoms with Crippen LogP contribution in [-0.2, 0) is 49.7 Å². The minimum atomic E-state index is -4.01. The molecular formula is C62H126BaN4O12S4. The molecule has 0 radical (unpaired) electrons. The molecule has 0 aromatic heterocycles. The van der Waals surface area contributed by atoms with Gasteiger partial charge in [0.2, 0.25) is 40.1 Å². The summed E-state index contributed by atoms with van der Waals surface area (Å²) >= 11 is 0. The van der Waals surface area contributed by atoms with Gasteiger partial charge in [-0.05, 0) is 39.5 Å². The maximum absolute atomic E-state index is 12.6. The molecule has 0 rings (SSSR count). The second kappa shape index (κ2) is 56.2. The van der Waals surface area contributed by atoms with Gasteiger partial charge in [-0.25, -0.2) is 33.7 Å². The third-order valence-electron chi connectivity index (χ3n) is 15.3. The largest absolute Gasteiger partial charge is 2.00 e. The summed E-state index contributed by atoms with van der Waals surface area (Å²) in [5.41, 5.74) is -4.85. The van der Waals surface area contributed by atoms with Gasteiger partial charge in [0.1, 0.15) is 11.3 Å². The first-order valence-electron chi connectivity index (χ1n) is 33.4. The minimum Gasteiger partial charge on any atom is -0.547 e. The molecule has 0 spiro atoms. The van der Waals surface area contributed by atoms with Crippen molar-refractivity contribution < 1.29 is 53.5 Å². The molecule has 16 nitrogen and oxygen atoms in total. The Bertz CT molecular complexity index is 1720. The predicted molar refractivity (Wildman–Crippen MR) is 345 cm³/mol. The number of carboxylic acids is 2. The van der Waals surface area contributed by atoms with Crippen LogP contribution in [0.3, 0.4) is 0 Å². The van der Waals surface area contributed by atoms with Crippen molar-refractivity contribution in [1.82, 2.24) is 18.9 Å². The number of sulfonamides is 4. The van der Waals surface area contributed by atoms with E-state index in [1.165, 1.54) is 180 Å². The average molecular weight is 1390 g/mol. The van der Waals surface area contributed by atoms with Crippen molar-refractivity contribution in [3.63, 3.8) is 0 Å². The second-order valence-electron chi connectivity index (χ2n) is 24.1. The van der Waals surface area contributed by atoms with E-state index < -0.39 is 63.4 Å². The van der Waals surface area contributed by atoms with Crippen LogP contribution in [0.4, 0.5) is 0 Å². The van der Waals surface area contributed by atoms with Gasteiger partial charge in [-0.1, -0.05) is 310 Å². The van der Waals surface area contributed by atoms with Crippen LogP contribution in [0.1, 0.15) is 350 Å². The number of hydrogen-bond donors (Lipinski definition) is 4. The Morgan fingerprint density at radius 1 is 0.253 bits per heavy atom. The molecule has 0 fully saturated rings. The maximum Gasteiger partial charge on any atom is 2.00 e. The Morgan fingerprint density at radius 2 is 0.361 bits per heavy atom. The third kappa shape index (κ3) is 57.1. The molecule has 0 aliphatic carbocycles. The normalized spacial score (nSPS) is 12.5. The zero-order valence-corrected chi connectivity index (χ0v) is 61.7. The Hall–Kier alpha value is 0.151. The number of unbranched alkanes of at least 4 members (excludes halogenated alkanes) is 44. The van der Waals surface area contributed by atoms with E-state index >= 15 is 0 Å². The van der Waals surface area contributed by atoms with Gasteiger partial charge in [-0.3, -0.25) is 0 Å². The maximum atomic E-state index is 12.6. The van der Waals surface area contributed by atoms with E-state index in [1.54, 1.807) is 0 Å². The minimum absolute atomic E-state index is 0. The van der Waals surface area contributed by atoms with Crippen LogP contribution in [0.15, 0.2) is 0 Å². The SMILES string of the molecule is CCCCCCCCCCCCCCS(=O)(=O)NC(C)(NS(=O)(=O)CCCCCCCCCCCCCC)C(=O)[O-].CCCCCCCCCCCCCCS(=O)(=O)NC(C)(NS(=O)(=O)CCCCCCCCCCCCCC)C(=O)[O-].[Ba+2]. The van der Waals surface area contributed by atoms with E-state index in [4.69, 9.17) is 0 Å². The molecule has 0 saturated heterocycles. The molecule has 0 aliphatic heterocycles. The fraction of sp³-hybridized carbons (Fsp3) is 0.968. The molecular weight excluding hydrogens is 1260 g/mol. The van der Waals surface area contributed by atoms with Crippen LogP contribution in [0.2, 0.25) is 0 Å². The number of hydrogen-bond acceptors (Lipinski definition) is 12. The molecule has 83 heavy (non-hydrogen) atoms. The molecule has 21 heteroatoms. The number of carboxylic acid groups (broad SMARTS) is 2. The van der Waals surface area contributed by atoms with Crippen molar-refractivity contribution in [1.29, 1.82) is 0 Å². The Kier molecular flexibility index (Phi) is 59.1. The van der Waals surface area contributed by atoms with Crippen molar-refractivity contribution in [2.75, 3.05) is 23.0 Å². The van der Waals surface area contributed by atoms with E-state index in [9.17, 15) is 53.5 Å². The van der Waals surface area contributed by atoms with E-state index in [2.05, 4.69) is 27.7 Å². The van der Waals surface area contributed by atoms with Gasteiger partial charge in [0.25, 0.3) is 0 Å². The topological polar surface area (TPSA) is 265 Å². The summed E-state index contributed by atoms with van der Waals surface area (Å²) in [6.45, 7) is 10.8. The van der Waals surface area contributed by atoms with E-state index in [1.807, 2.05) is 18.9 Å².